The molecule has 1 N–H and O–H groups in total. The van der Waals surface area contributed by atoms with Crippen molar-refractivity contribution in [3.63, 3.8) is 0 Å². The molecule has 0 unspecified atom stereocenters. The Bertz CT molecular complexity index is 818. The topological polar surface area (TPSA) is 58.6 Å². The number of thioether (sulfide) groups is 1. The molecular weight excluding hydrogens is 396 g/mol. The lowest BCUT2D eigenvalue weighted by atomic mass is 10.2. The van der Waals surface area contributed by atoms with Crippen LogP contribution in [0.15, 0.2) is 54.6 Å². The second-order valence-electron chi connectivity index (χ2n) is 6.44. The summed E-state index contributed by atoms with van der Waals surface area (Å²) in [6, 6.07) is 16.1. The van der Waals surface area contributed by atoms with Crippen molar-refractivity contribution in [3.05, 3.63) is 70.7 Å². The molecule has 2 amide bonds. The highest BCUT2D eigenvalue weighted by Gasteiger charge is 2.43. The number of urea groups is 1. The van der Waals surface area contributed by atoms with Crippen LogP contribution in [0.2, 0.25) is 5.02 Å². The SMILES string of the molecule is CCCOC(=O)[C@H]1CS[C@@H](c2ccccc2Cl)N1C(=O)NCc1ccccc1. The fraction of sp³-hybridized carbons (Fsp3) is 0.333. The molecule has 0 aromatic heterocycles. The van der Waals surface area contributed by atoms with Crippen LogP contribution >= 0.6 is 23.4 Å². The Balaban J connectivity index is 1.81. The van der Waals surface area contributed by atoms with E-state index in [-0.39, 0.29) is 17.4 Å². The first-order valence-corrected chi connectivity index (χ1v) is 10.7. The van der Waals surface area contributed by atoms with Gasteiger partial charge in [-0.2, -0.15) is 0 Å². The van der Waals surface area contributed by atoms with Crippen LogP contribution in [0.25, 0.3) is 0 Å². The molecular formula is C21H23ClN2O3S. The fourth-order valence-electron chi connectivity index (χ4n) is 3.01. The molecule has 1 aliphatic rings. The van der Waals surface area contributed by atoms with Crippen LogP contribution in [0.4, 0.5) is 4.79 Å². The fourth-order valence-corrected chi connectivity index (χ4v) is 4.77. The van der Waals surface area contributed by atoms with Gasteiger partial charge >= 0.3 is 12.0 Å². The molecule has 28 heavy (non-hydrogen) atoms. The average Bonchev–Trinajstić information content (AvgIpc) is 3.16. The smallest absolute Gasteiger partial charge is 0.329 e. The van der Waals surface area contributed by atoms with Crippen LogP contribution in [0.3, 0.4) is 0 Å². The Morgan fingerprint density at radius 1 is 1.18 bits per heavy atom. The van der Waals surface area contributed by atoms with Crippen molar-refractivity contribution in [2.45, 2.75) is 31.3 Å². The number of carbonyl (C=O) groups is 2. The molecule has 0 radical (unpaired) electrons. The number of halogens is 1. The number of hydrogen-bond donors (Lipinski definition) is 1. The average molecular weight is 419 g/mol. The van der Waals surface area contributed by atoms with Crippen molar-refractivity contribution in [2.24, 2.45) is 0 Å². The van der Waals surface area contributed by atoms with Gasteiger partial charge in [-0.15, -0.1) is 11.8 Å². The Labute approximate surface area is 174 Å². The quantitative estimate of drug-likeness (QED) is 0.695. The van der Waals surface area contributed by atoms with E-state index in [9.17, 15) is 9.59 Å². The summed E-state index contributed by atoms with van der Waals surface area (Å²) in [6.07, 6.45) is 0.736. The van der Waals surface area contributed by atoms with Crippen molar-refractivity contribution in [1.82, 2.24) is 10.2 Å². The third-order valence-corrected chi connectivity index (χ3v) is 6.06. The molecule has 0 spiro atoms. The second-order valence-corrected chi connectivity index (χ2v) is 7.96. The minimum absolute atomic E-state index is 0.308. The Hall–Kier alpha value is -2.18. The molecule has 1 saturated heterocycles. The molecule has 5 nitrogen and oxygen atoms in total. The van der Waals surface area contributed by atoms with Gasteiger partial charge in [0.25, 0.3) is 0 Å². The molecule has 1 heterocycles. The van der Waals surface area contributed by atoms with Gasteiger partial charge in [0.05, 0.1) is 6.61 Å². The van der Waals surface area contributed by atoms with Gasteiger partial charge < -0.3 is 10.1 Å². The van der Waals surface area contributed by atoms with E-state index in [1.807, 2.05) is 55.5 Å². The summed E-state index contributed by atoms with van der Waals surface area (Å²) in [5.41, 5.74) is 1.80. The maximum atomic E-state index is 13.1. The van der Waals surface area contributed by atoms with Crippen molar-refractivity contribution in [2.75, 3.05) is 12.4 Å². The summed E-state index contributed by atoms with van der Waals surface area (Å²) in [5.74, 6) is 0.0933. The largest absolute Gasteiger partial charge is 0.464 e. The molecule has 0 bridgehead atoms. The van der Waals surface area contributed by atoms with Crippen molar-refractivity contribution < 1.29 is 14.3 Å². The number of nitrogens with one attached hydrogen (secondary N) is 1. The molecule has 0 saturated carbocycles. The standard InChI is InChI=1S/C21H23ClN2O3S/c1-2-12-27-20(25)18-14-28-19(16-10-6-7-11-17(16)22)24(18)21(26)23-13-15-8-4-3-5-9-15/h3-11,18-19H,2,12-14H2,1H3,(H,23,26)/t18-,19+/m1/s1. The van der Waals surface area contributed by atoms with Crippen LogP contribution in [-0.4, -0.2) is 35.3 Å². The minimum atomic E-state index is -0.645. The van der Waals surface area contributed by atoms with E-state index in [1.165, 1.54) is 11.8 Å². The zero-order valence-electron chi connectivity index (χ0n) is 15.6. The Morgan fingerprint density at radius 2 is 1.89 bits per heavy atom. The van der Waals surface area contributed by atoms with Crippen molar-refractivity contribution in [3.8, 4) is 0 Å². The summed E-state index contributed by atoms with van der Waals surface area (Å²) >= 11 is 7.89. The Morgan fingerprint density at radius 3 is 2.61 bits per heavy atom. The predicted octanol–water partition coefficient (Wildman–Crippen LogP) is 4.62. The van der Waals surface area contributed by atoms with E-state index in [0.29, 0.717) is 23.9 Å². The van der Waals surface area contributed by atoms with E-state index in [0.717, 1.165) is 17.5 Å². The number of esters is 1. The van der Waals surface area contributed by atoms with E-state index in [4.69, 9.17) is 16.3 Å². The summed E-state index contributed by atoms with van der Waals surface area (Å²) in [5, 5.41) is 3.15. The highest BCUT2D eigenvalue weighted by molar-refractivity contribution is 7.99. The van der Waals surface area contributed by atoms with Crippen LogP contribution in [0.5, 0.6) is 0 Å². The van der Waals surface area contributed by atoms with E-state index >= 15 is 0 Å². The molecule has 1 aliphatic heterocycles. The summed E-state index contributed by atoms with van der Waals surface area (Å²) in [4.78, 5) is 27.2. The Kier molecular flexibility index (Phi) is 7.23. The van der Waals surface area contributed by atoms with Gasteiger partial charge in [0.1, 0.15) is 11.4 Å². The van der Waals surface area contributed by atoms with Crippen molar-refractivity contribution >= 4 is 35.4 Å². The maximum Gasteiger partial charge on any atom is 0.329 e. The molecule has 2 aromatic carbocycles. The van der Waals surface area contributed by atoms with Crippen LogP contribution in [-0.2, 0) is 16.1 Å². The molecule has 1 fully saturated rings. The number of ether oxygens (including phenoxy) is 1. The van der Waals surface area contributed by atoms with Gasteiger partial charge in [0, 0.05) is 22.9 Å². The van der Waals surface area contributed by atoms with Crippen LogP contribution in [0, 0.1) is 0 Å². The van der Waals surface area contributed by atoms with Gasteiger partial charge in [-0.25, -0.2) is 9.59 Å². The lowest BCUT2D eigenvalue weighted by molar-refractivity contribution is -0.148. The van der Waals surface area contributed by atoms with Crippen molar-refractivity contribution in [1.29, 1.82) is 0 Å². The van der Waals surface area contributed by atoms with E-state index < -0.39 is 6.04 Å². The van der Waals surface area contributed by atoms with Gasteiger partial charge in [0.2, 0.25) is 0 Å². The monoisotopic (exact) mass is 418 g/mol. The van der Waals surface area contributed by atoms with Crippen LogP contribution in [0.1, 0.15) is 29.8 Å². The molecule has 3 rings (SSSR count). The van der Waals surface area contributed by atoms with E-state index in [1.54, 1.807) is 11.0 Å². The normalized spacial score (nSPS) is 18.7. The minimum Gasteiger partial charge on any atom is -0.464 e. The molecule has 2 aromatic rings. The number of hydrogen-bond acceptors (Lipinski definition) is 4. The van der Waals surface area contributed by atoms with Gasteiger partial charge in [0.15, 0.2) is 0 Å². The third kappa shape index (κ3) is 4.80. The summed E-state index contributed by atoms with van der Waals surface area (Å²) in [6.45, 7) is 2.66. The first-order valence-electron chi connectivity index (χ1n) is 9.24. The summed E-state index contributed by atoms with van der Waals surface area (Å²) in [7, 11) is 0. The summed E-state index contributed by atoms with van der Waals surface area (Å²) < 4.78 is 5.33. The van der Waals surface area contributed by atoms with Crippen LogP contribution < -0.4 is 5.32 Å². The second kappa shape index (κ2) is 9.85. The van der Waals surface area contributed by atoms with Gasteiger partial charge in [-0.1, -0.05) is 67.1 Å². The number of rotatable bonds is 6. The number of nitrogens with zero attached hydrogens (tertiary/aromatic N) is 1. The zero-order valence-corrected chi connectivity index (χ0v) is 17.2. The molecule has 148 valence electrons. The lowest BCUT2D eigenvalue weighted by Gasteiger charge is -2.29. The third-order valence-electron chi connectivity index (χ3n) is 4.41. The highest BCUT2D eigenvalue weighted by atomic mass is 35.5. The van der Waals surface area contributed by atoms with Gasteiger partial charge in [-0.3, -0.25) is 4.90 Å². The first kappa shape index (κ1) is 20.6. The van der Waals surface area contributed by atoms with E-state index in [2.05, 4.69) is 5.32 Å². The maximum absolute atomic E-state index is 13.1. The zero-order chi connectivity index (χ0) is 19.9. The first-order chi connectivity index (χ1) is 13.6. The molecule has 7 heteroatoms. The molecule has 0 aliphatic carbocycles. The number of amides is 2. The molecule has 2 atom stereocenters. The lowest BCUT2D eigenvalue weighted by Crippen LogP contribution is -2.48. The predicted molar refractivity (Wildman–Crippen MR) is 112 cm³/mol. The van der Waals surface area contributed by atoms with Gasteiger partial charge in [-0.05, 0) is 18.1 Å². The number of carbonyl (C=O) groups excluding carboxylic acids is 2. The highest BCUT2D eigenvalue weighted by Crippen LogP contribution is 2.44. The number of benzene rings is 2.